The molecule has 1 aromatic rings. The zero-order valence-electron chi connectivity index (χ0n) is 10.1. The second-order valence-corrected chi connectivity index (χ2v) is 3.42. The molecule has 1 rings (SSSR count). The van der Waals surface area contributed by atoms with Gasteiger partial charge in [0.1, 0.15) is 5.82 Å². The van der Waals surface area contributed by atoms with E-state index < -0.39 is 0 Å². The molecule has 5 nitrogen and oxygen atoms in total. The number of aliphatic imine (C=N–C) groups is 1. The van der Waals surface area contributed by atoms with Gasteiger partial charge >= 0.3 is 0 Å². The van der Waals surface area contributed by atoms with Gasteiger partial charge in [-0.3, -0.25) is 10.3 Å². The van der Waals surface area contributed by atoms with E-state index in [1.165, 1.54) is 12.1 Å². The van der Waals surface area contributed by atoms with Crippen molar-refractivity contribution in [1.29, 1.82) is 5.26 Å². The molecule has 0 radical (unpaired) electrons. The van der Waals surface area contributed by atoms with Crippen molar-refractivity contribution in [1.82, 2.24) is 10.6 Å². The van der Waals surface area contributed by atoms with E-state index in [0.717, 1.165) is 5.56 Å². The molecular weight excluding hydrogens is 235 g/mol. The minimum atomic E-state index is -0.271. The molecule has 0 saturated heterocycles. The van der Waals surface area contributed by atoms with E-state index in [2.05, 4.69) is 15.6 Å². The van der Waals surface area contributed by atoms with Gasteiger partial charge in [0.25, 0.3) is 0 Å². The zero-order chi connectivity index (χ0) is 13.2. The van der Waals surface area contributed by atoms with Gasteiger partial charge in [-0.05, 0) is 17.7 Å². The van der Waals surface area contributed by atoms with Crippen LogP contribution in [0.1, 0.15) is 5.56 Å². The number of ether oxygens (including phenoxy) is 1. The molecule has 0 aliphatic carbocycles. The van der Waals surface area contributed by atoms with Gasteiger partial charge in [0.15, 0.2) is 6.19 Å². The number of guanidine groups is 1. The van der Waals surface area contributed by atoms with Crippen molar-refractivity contribution in [2.75, 3.05) is 20.2 Å². The average Bonchev–Trinajstić information content (AvgIpc) is 2.37. The molecule has 0 heterocycles. The molecule has 0 fully saturated rings. The third-order valence-electron chi connectivity index (χ3n) is 2.09. The molecule has 0 unspecified atom stereocenters. The van der Waals surface area contributed by atoms with Gasteiger partial charge in [-0.25, -0.2) is 4.39 Å². The van der Waals surface area contributed by atoms with Gasteiger partial charge in [0, 0.05) is 13.6 Å². The number of halogens is 1. The summed E-state index contributed by atoms with van der Waals surface area (Å²) in [6.45, 7) is 1.29. The first-order valence-corrected chi connectivity index (χ1v) is 5.44. The maximum absolute atomic E-state index is 12.9. The molecule has 0 aliphatic rings. The van der Waals surface area contributed by atoms with Crippen LogP contribution < -0.4 is 10.6 Å². The third-order valence-corrected chi connectivity index (χ3v) is 2.09. The number of hydrogen-bond donors (Lipinski definition) is 2. The lowest BCUT2D eigenvalue weighted by Gasteiger charge is -2.07. The highest BCUT2D eigenvalue weighted by atomic mass is 19.1. The summed E-state index contributed by atoms with van der Waals surface area (Å²) in [7, 11) is 1.57. The summed E-state index contributed by atoms with van der Waals surface area (Å²) in [5, 5.41) is 13.7. The highest BCUT2D eigenvalue weighted by Crippen LogP contribution is 2.04. The quantitative estimate of drug-likeness (QED) is 0.269. The number of nitrogens with one attached hydrogen (secondary N) is 2. The normalized spacial score (nSPS) is 10.8. The number of rotatable bonds is 5. The van der Waals surface area contributed by atoms with Crippen LogP contribution in [-0.4, -0.2) is 26.2 Å². The van der Waals surface area contributed by atoms with Crippen LogP contribution in [0.2, 0.25) is 0 Å². The molecular formula is C12H15FN4O. The second kappa shape index (κ2) is 8.03. The van der Waals surface area contributed by atoms with Gasteiger partial charge in [-0.2, -0.15) is 5.26 Å². The molecule has 0 aliphatic heterocycles. The van der Waals surface area contributed by atoms with Crippen LogP contribution in [0, 0.1) is 17.3 Å². The Balaban J connectivity index is 2.18. The maximum atomic E-state index is 12.9. The fourth-order valence-corrected chi connectivity index (χ4v) is 1.29. The van der Waals surface area contributed by atoms with E-state index >= 15 is 0 Å². The molecule has 96 valence electrons. The van der Waals surface area contributed by atoms with Crippen molar-refractivity contribution in [3.63, 3.8) is 0 Å². The molecule has 0 bridgehead atoms. The predicted octanol–water partition coefficient (Wildman–Crippen LogP) is 0.988. The Bertz CT molecular complexity index is 442. The predicted molar refractivity (Wildman–Crippen MR) is 66.2 cm³/mol. The van der Waals surface area contributed by atoms with Gasteiger partial charge in [0.2, 0.25) is 5.96 Å². The fraction of sp³-hybridized carbons (Fsp3) is 0.333. The third kappa shape index (κ3) is 5.27. The topological polar surface area (TPSA) is 69.4 Å². The molecule has 0 spiro atoms. The molecule has 2 N–H and O–H groups in total. The summed E-state index contributed by atoms with van der Waals surface area (Å²) in [6.07, 6.45) is 1.77. The van der Waals surface area contributed by atoms with E-state index in [1.807, 2.05) is 0 Å². The van der Waals surface area contributed by atoms with E-state index in [0.29, 0.717) is 25.7 Å². The van der Waals surface area contributed by atoms with E-state index in [-0.39, 0.29) is 5.82 Å². The van der Waals surface area contributed by atoms with Crippen molar-refractivity contribution in [2.45, 2.75) is 6.61 Å². The largest absolute Gasteiger partial charge is 0.375 e. The first-order valence-electron chi connectivity index (χ1n) is 5.44. The summed E-state index contributed by atoms with van der Waals surface area (Å²) in [6, 6.07) is 6.27. The van der Waals surface area contributed by atoms with Crippen LogP contribution in [0.3, 0.4) is 0 Å². The fourth-order valence-electron chi connectivity index (χ4n) is 1.29. The average molecular weight is 250 g/mol. The van der Waals surface area contributed by atoms with Crippen LogP contribution >= 0.6 is 0 Å². The summed E-state index contributed by atoms with van der Waals surface area (Å²) < 4.78 is 18.2. The summed E-state index contributed by atoms with van der Waals surface area (Å²) >= 11 is 0. The zero-order valence-corrected chi connectivity index (χ0v) is 10.1. The molecule has 18 heavy (non-hydrogen) atoms. The monoisotopic (exact) mass is 250 g/mol. The molecule has 1 aromatic carbocycles. The second-order valence-electron chi connectivity index (χ2n) is 3.42. The standard InChI is InChI=1S/C12H15FN4O/c1-15-12(17-9-14)16-5-6-18-8-10-3-2-4-11(13)7-10/h2-4,7H,5-6,8H2,1H3,(H2,15,16,17). The summed E-state index contributed by atoms with van der Waals surface area (Å²) in [4.78, 5) is 3.81. The van der Waals surface area contributed by atoms with E-state index in [9.17, 15) is 4.39 Å². The lowest BCUT2D eigenvalue weighted by atomic mass is 10.2. The first-order chi connectivity index (χ1) is 8.76. The Morgan fingerprint density at radius 1 is 1.56 bits per heavy atom. The highest BCUT2D eigenvalue weighted by Gasteiger charge is 1.97. The summed E-state index contributed by atoms with van der Waals surface area (Å²) in [5.41, 5.74) is 0.787. The van der Waals surface area contributed by atoms with Crippen molar-refractivity contribution >= 4 is 5.96 Å². The van der Waals surface area contributed by atoms with Gasteiger partial charge in [0.05, 0.1) is 13.2 Å². The first kappa shape index (κ1) is 13.9. The number of nitriles is 1. The highest BCUT2D eigenvalue weighted by molar-refractivity contribution is 5.80. The van der Waals surface area contributed by atoms with E-state index in [1.54, 1.807) is 25.4 Å². The van der Waals surface area contributed by atoms with E-state index in [4.69, 9.17) is 10.00 Å². The molecule has 0 aromatic heterocycles. The lowest BCUT2D eigenvalue weighted by Crippen LogP contribution is -2.36. The van der Waals surface area contributed by atoms with Gasteiger partial charge < -0.3 is 10.1 Å². The van der Waals surface area contributed by atoms with Crippen LogP contribution in [-0.2, 0) is 11.3 Å². The molecule has 0 atom stereocenters. The molecule has 0 amide bonds. The van der Waals surface area contributed by atoms with Gasteiger partial charge in [-0.15, -0.1) is 0 Å². The number of nitrogens with zero attached hydrogens (tertiary/aromatic N) is 2. The Hall–Kier alpha value is -2.13. The Morgan fingerprint density at radius 2 is 2.39 bits per heavy atom. The molecule has 6 heteroatoms. The van der Waals surface area contributed by atoms with Crippen molar-refractivity contribution in [2.24, 2.45) is 4.99 Å². The van der Waals surface area contributed by atoms with Crippen molar-refractivity contribution in [3.8, 4) is 6.19 Å². The SMILES string of the molecule is CN=C(NC#N)NCCOCc1cccc(F)c1. The maximum Gasteiger partial charge on any atom is 0.204 e. The smallest absolute Gasteiger partial charge is 0.204 e. The number of hydrogen-bond acceptors (Lipinski definition) is 3. The van der Waals surface area contributed by atoms with Crippen LogP contribution in [0.25, 0.3) is 0 Å². The molecule has 0 saturated carbocycles. The van der Waals surface area contributed by atoms with Crippen molar-refractivity contribution < 1.29 is 9.13 Å². The Kier molecular flexibility index (Phi) is 6.22. The van der Waals surface area contributed by atoms with Crippen molar-refractivity contribution in [3.05, 3.63) is 35.6 Å². The Morgan fingerprint density at radius 3 is 3.06 bits per heavy atom. The number of benzene rings is 1. The van der Waals surface area contributed by atoms with Crippen LogP contribution in [0.15, 0.2) is 29.3 Å². The summed E-state index contributed by atoms with van der Waals surface area (Å²) in [5.74, 6) is 0.125. The van der Waals surface area contributed by atoms with Crippen LogP contribution in [0.4, 0.5) is 4.39 Å². The van der Waals surface area contributed by atoms with Crippen LogP contribution in [0.5, 0.6) is 0 Å². The lowest BCUT2D eigenvalue weighted by molar-refractivity contribution is 0.125. The minimum Gasteiger partial charge on any atom is -0.375 e. The van der Waals surface area contributed by atoms with Gasteiger partial charge in [-0.1, -0.05) is 12.1 Å². The Labute approximate surface area is 105 Å². The minimum absolute atomic E-state index is 0.271.